The SMILES string of the molecule is COc1ccccc1NCC(=O)N/N=C/c1cc([N+](=O)[O-])ccc1N1CCCC1. The Labute approximate surface area is 168 Å². The summed E-state index contributed by atoms with van der Waals surface area (Å²) in [6.07, 6.45) is 3.61. The summed E-state index contributed by atoms with van der Waals surface area (Å²) in [5.74, 6) is 0.288. The molecule has 0 radical (unpaired) electrons. The lowest BCUT2D eigenvalue weighted by Gasteiger charge is -2.19. The number of benzene rings is 2. The van der Waals surface area contributed by atoms with Gasteiger partial charge in [-0.05, 0) is 31.0 Å². The summed E-state index contributed by atoms with van der Waals surface area (Å²) in [6, 6.07) is 12.0. The van der Waals surface area contributed by atoms with Gasteiger partial charge in [0.05, 0.1) is 30.5 Å². The normalized spacial score (nSPS) is 13.5. The van der Waals surface area contributed by atoms with Gasteiger partial charge in [-0.15, -0.1) is 0 Å². The number of amides is 1. The molecule has 1 amide bonds. The van der Waals surface area contributed by atoms with Gasteiger partial charge in [0.15, 0.2) is 0 Å². The number of anilines is 2. The van der Waals surface area contributed by atoms with Gasteiger partial charge >= 0.3 is 0 Å². The van der Waals surface area contributed by atoms with E-state index in [1.54, 1.807) is 25.3 Å². The van der Waals surface area contributed by atoms with Crippen molar-refractivity contribution in [2.45, 2.75) is 12.8 Å². The number of para-hydroxylation sites is 2. The van der Waals surface area contributed by atoms with Gasteiger partial charge in [-0.3, -0.25) is 14.9 Å². The quantitative estimate of drug-likeness (QED) is 0.403. The highest BCUT2D eigenvalue weighted by Crippen LogP contribution is 2.27. The lowest BCUT2D eigenvalue weighted by molar-refractivity contribution is -0.384. The van der Waals surface area contributed by atoms with E-state index in [-0.39, 0.29) is 18.1 Å². The zero-order valence-electron chi connectivity index (χ0n) is 16.1. The van der Waals surface area contributed by atoms with Crippen molar-refractivity contribution in [3.63, 3.8) is 0 Å². The smallest absolute Gasteiger partial charge is 0.270 e. The first-order chi connectivity index (χ1) is 14.1. The van der Waals surface area contributed by atoms with Crippen LogP contribution in [0.25, 0.3) is 0 Å². The van der Waals surface area contributed by atoms with Crippen molar-refractivity contribution in [1.82, 2.24) is 5.43 Å². The summed E-state index contributed by atoms with van der Waals surface area (Å²) >= 11 is 0. The van der Waals surface area contributed by atoms with Crippen LogP contribution in [-0.2, 0) is 4.79 Å². The van der Waals surface area contributed by atoms with Crippen molar-refractivity contribution >= 4 is 29.2 Å². The first kappa shape index (κ1) is 20.1. The van der Waals surface area contributed by atoms with Crippen molar-refractivity contribution in [2.24, 2.45) is 5.10 Å². The van der Waals surface area contributed by atoms with Gasteiger partial charge in [-0.2, -0.15) is 5.10 Å². The first-order valence-electron chi connectivity index (χ1n) is 9.30. The Kier molecular flexibility index (Phi) is 6.62. The van der Waals surface area contributed by atoms with Gasteiger partial charge in [0.1, 0.15) is 5.75 Å². The molecule has 0 saturated carbocycles. The molecular formula is C20H23N5O4. The number of hydrogen-bond acceptors (Lipinski definition) is 7. The second kappa shape index (κ2) is 9.54. The average Bonchev–Trinajstić information content (AvgIpc) is 3.27. The van der Waals surface area contributed by atoms with E-state index in [4.69, 9.17) is 4.74 Å². The Morgan fingerprint density at radius 3 is 2.76 bits per heavy atom. The van der Waals surface area contributed by atoms with E-state index in [0.29, 0.717) is 17.0 Å². The van der Waals surface area contributed by atoms with Crippen molar-refractivity contribution in [1.29, 1.82) is 0 Å². The van der Waals surface area contributed by atoms with Gasteiger partial charge < -0.3 is 15.0 Å². The molecule has 1 fully saturated rings. The third kappa shape index (κ3) is 5.22. The molecule has 0 aliphatic carbocycles. The Balaban J connectivity index is 1.64. The number of hydrazone groups is 1. The second-order valence-electron chi connectivity index (χ2n) is 6.54. The first-order valence-corrected chi connectivity index (χ1v) is 9.30. The molecule has 2 aromatic rings. The zero-order chi connectivity index (χ0) is 20.6. The van der Waals surface area contributed by atoms with E-state index in [1.807, 2.05) is 12.1 Å². The number of carbonyl (C=O) groups excluding carboxylic acids is 1. The molecular weight excluding hydrogens is 374 g/mol. The molecule has 29 heavy (non-hydrogen) atoms. The van der Waals surface area contributed by atoms with E-state index < -0.39 is 4.92 Å². The summed E-state index contributed by atoms with van der Waals surface area (Å²) in [6.45, 7) is 1.80. The van der Waals surface area contributed by atoms with Crippen LogP contribution in [0.5, 0.6) is 5.75 Å². The van der Waals surface area contributed by atoms with Crippen LogP contribution < -0.4 is 20.4 Å². The van der Waals surface area contributed by atoms with Crippen LogP contribution in [0.1, 0.15) is 18.4 Å². The number of rotatable bonds is 8. The molecule has 0 atom stereocenters. The van der Waals surface area contributed by atoms with Crippen LogP contribution in [0.4, 0.5) is 17.1 Å². The number of non-ortho nitro benzene ring substituents is 1. The summed E-state index contributed by atoms with van der Waals surface area (Å²) in [4.78, 5) is 24.9. The predicted octanol–water partition coefficient (Wildman–Crippen LogP) is 2.77. The number of nitrogens with one attached hydrogen (secondary N) is 2. The molecule has 9 heteroatoms. The molecule has 152 valence electrons. The maximum atomic E-state index is 12.1. The lowest BCUT2D eigenvalue weighted by atomic mass is 10.1. The minimum Gasteiger partial charge on any atom is -0.495 e. The highest BCUT2D eigenvalue weighted by atomic mass is 16.6. The number of methoxy groups -OCH3 is 1. The largest absolute Gasteiger partial charge is 0.495 e. The second-order valence-corrected chi connectivity index (χ2v) is 6.54. The number of hydrogen-bond donors (Lipinski definition) is 2. The zero-order valence-corrected chi connectivity index (χ0v) is 16.1. The molecule has 0 spiro atoms. The Morgan fingerprint density at radius 2 is 2.03 bits per heavy atom. The van der Waals surface area contributed by atoms with Crippen molar-refractivity contribution in [3.05, 3.63) is 58.1 Å². The van der Waals surface area contributed by atoms with Gasteiger partial charge in [0.2, 0.25) is 0 Å². The van der Waals surface area contributed by atoms with Crippen LogP contribution in [0.3, 0.4) is 0 Å². The van der Waals surface area contributed by atoms with Gasteiger partial charge in [-0.25, -0.2) is 5.43 Å². The van der Waals surface area contributed by atoms with Gasteiger partial charge in [-0.1, -0.05) is 12.1 Å². The number of nitro groups is 1. The highest BCUT2D eigenvalue weighted by molar-refractivity contribution is 5.90. The van der Waals surface area contributed by atoms with Crippen LogP contribution in [-0.4, -0.2) is 43.8 Å². The molecule has 0 unspecified atom stereocenters. The van der Waals surface area contributed by atoms with E-state index in [9.17, 15) is 14.9 Å². The summed E-state index contributed by atoms with van der Waals surface area (Å²) < 4.78 is 5.23. The molecule has 1 saturated heterocycles. The lowest BCUT2D eigenvalue weighted by Crippen LogP contribution is -2.26. The van der Waals surface area contributed by atoms with E-state index in [1.165, 1.54) is 18.3 Å². The summed E-state index contributed by atoms with van der Waals surface area (Å²) in [5.41, 5.74) is 4.60. The van der Waals surface area contributed by atoms with Crippen LogP contribution >= 0.6 is 0 Å². The van der Waals surface area contributed by atoms with E-state index in [0.717, 1.165) is 31.6 Å². The molecule has 2 N–H and O–H groups in total. The van der Waals surface area contributed by atoms with Crippen molar-refractivity contribution in [3.8, 4) is 5.75 Å². The fourth-order valence-electron chi connectivity index (χ4n) is 3.18. The number of ether oxygens (including phenoxy) is 1. The van der Waals surface area contributed by atoms with E-state index in [2.05, 4.69) is 20.7 Å². The Morgan fingerprint density at radius 1 is 1.28 bits per heavy atom. The van der Waals surface area contributed by atoms with Crippen molar-refractivity contribution in [2.75, 3.05) is 37.0 Å². The molecule has 0 aromatic heterocycles. The predicted molar refractivity (Wildman–Crippen MR) is 112 cm³/mol. The Bertz CT molecular complexity index is 909. The van der Waals surface area contributed by atoms with Gasteiger partial charge in [0.25, 0.3) is 11.6 Å². The monoisotopic (exact) mass is 397 g/mol. The average molecular weight is 397 g/mol. The van der Waals surface area contributed by atoms with Crippen LogP contribution in [0.15, 0.2) is 47.6 Å². The van der Waals surface area contributed by atoms with Crippen LogP contribution in [0, 0.1) is 10.1 Å². The fraction of sp³-hybridized carbons (Fsp3) is 0.300. The maximum Gasteiger partial charge on any atom is 0.270 e. The molecule has 1 aliphatic rings. The molecule has 2 aromatic carbocycles. The molecule has 3 rings (SSSR count). The number of nitrogens with zero attached hydrogens (tertiary/aromatic N) is 3. The molecule has 9 nitrogen and oxygen atoms in total. The van der Waals surface area contributed by atoms with Gasteiger partial charge in [0, 0.05) is 36.5 Å². The molecule has 1 heterocycles. The topological polar surface area (TPSA) is 109 Å². The standard InChI is InChI=1S/C20H23N5O4/c1-29-19-7-3-2-6-17(19)21-14-20(26)23-22-13-15-12-16(25(27)28)8-9-18(15)24-10-4-5-11-24/h2-3,6-9,12-13,21H,4-5,10-11,14H2,1H3,(H,23,26)/b22-13+. The number of nitro benzene ring substituents is 1. The fourth-order valence-corrected chi connectivity index (χ4v) is 3.18. The maximum absolute atomic E-state index is 12.1. The van der Waals surface area contributed by atoms with E-state index >= 15 is 0 Å². The molecule has 1 aliphatic heterocycles. The number of carbonyl (C=O) groups is 1. The van der Waals surface area contributed by atoms with Crippen LogP contribution in [0.2, 0.25) is 0 Å². The minimum absolute atomic E-state index is 0.00559. The third-order valence-corrected chi connectivity index (χ3v) is 4.61. The summed E-state index contributed by atoms with van der Waals surface area (Å²) in [7, 11) is 1.56. The third-order valence-electron chi connectivity index (χ3n) is 4.61. The summed E-state index contributed by atoms with van der Waals surface area (Å²) in [5, 5.41) is 18.1. The minimum atomic E-state index is -0.444. The molecule has 0 bridgehead atoms. The highest BCUT2D eigenvalue weighted by Gasteiger charge is 2.18. The van der Waals surface area contributed by atoms with Crippen molar-refractivity contribution < 1.29 is 14.5 Å². The Hall–Kier alpha value is -3.62.